The molecule has 1 N–H and O–H groups in total. The van der Waals surface area contributed by atoms with Crippen LogP contribution >= 0.6 is 0 Å². The molecule has 100 valence electrons. The molecule has 0 radical (unpaired) electrons. The Morgan fingerprint density at radius 3 is 2.84 bits per heavy atom. The van der Waals surface area contributed by atoms with Crippen LogP contribution in [0, 0.1) is 5.82 Å². The summed E-state index contributed by atoms with van der Waals surface area (Å²) in [4.78, 5) is 4.29. The molecule has 3 nitrogen and oxygen atoms in total. The van der Waals surface area contributed by atoms with Crippen LogP contribution in [0.5, 0.6) is 0 Å². The Morgan fingerprint density at radius 2 is 2.16 bits per heavy atom. The molecule has 0 spiro atoms. The topological polar surface area (TPSA) is 29.9 Å². The molecule has 1 aliphatic heterocycles. The first-order chi connectivity index (χ1) is 9.17. The quantitative estimate of drug-likeness (QED) is 0.916. The van der Waals surface area contributed by atoms with Gasteiger partial charge < -0.3 is 9.88 Å². The van der Waals surface area contributed by atoms with Gasteiger partial charge >= 0.3 is 0 Å². The summed E-state index contributed by atoms with van der Waals surface area (Å²) in [6, 6.07) is 6.66. The number of rotatable bonds is 3. The summed E-state index contributed by atoms with van der Waals surface area (Å²) in [6.07, 6.45) is 4.95. The fourth-order valence-corrected chi connectivity index (χ4v) is 2.77. The van der Waals surface area contributed by atoms with Crippen molar-refractivity contribution in [3.63, 3.8) is 0 Å². The zero-order valence-corrected chi connectivity index (χ0v) is 11.1. The lowest BCUT2D eigenvalue weighted by atomic mass is 9.86. The highest BCUT2D eigenvalue weighted by atomic mass is 19.1. The molecule has 19 heavy (non-hydrogen) atoms. The molecule has 1 aliphatic rings. The summed E-state index contributed by atoms with van der Waals surface area (Å²) in [6.45, 7) is 5.05. The molecule has 0 saturated carbocycles. The number of benzene rings is 1. The van der Waals surface area contributed by atoms with E-state index in [1.807, 2.05) is 24.7 Å². The Balaban J connectivity index is 1.86. The number of halogens is 1. The fourth-order valence-electron chi connectivity index (χ4n) is 2.77. The highest BCUT2D eigenvalue weighted by Gasteiger charge is 2.33. The number of imidazole rings is 1. The minimum absolute atomic E-state index is 0.149. The monoisotopic (exact) mass is 259 g/mol. The summed E-state index contributed by atoms with van der Waals surface area (Å²) in [7, 11) is 0. The van der Waals surface area contributed by atoms with Gasteiger partial charge in [-0.3, -0.25) is 0 Å². The van der Waals surface area contributed by atoms with Gasteiger partial charge in [0.15, 0.2) is 0 Å². The number of nitrogens with zero attached hydrogens (tertiary/aromatic N) is 2. The zero-order valence-electron chi connectivity index (χ0n) is 11.1. The Bertz CT molecular complexity index is 553. The van der Waals surface area contributed by atoms with E-state index in [-0.39, 0.29) is 11.2 Å². The van der Waals surface area contributed by atoms with Gasteiger partial charge in [-0.05, 0) is 30.7 Å². The maximum atomic E-state index is 12.9. The average Bonchev–Trinajstić information content (AvgIpc) is 3.02. The van der Waals surface area contributed by atoms with Crippen molar-refractivity contribution in [2.75, 3.05) is 13.1 Å². The number of hydrogen-bond acceptors (Lipinski definition) is 2. The molecule has 1 aromatic heterocycles. The third kappa shape index (κ3) is 2.40. The van der Waals surface area contributed by atoms with Gasteiger partial charge in [-0.1, -0.05) is 19.1 Å². The summed E-state index contributed by atoms with van der Waals surface area (Å²) >= 11 is 0. The largest absolute Gasteiger partial charge is 0.330 e. The van der Waals surface area contributed by atoms with Crippen molar-refractivity contribution in [3.05, 3.63) is 53.9 Å². The Morgan fingerprint density at radius 1 is 1.37 bits per heavy atom. The van der Waals surface area contributed by atoms with E-state index in [4.69, 9.17) is 0 Å². The molecular formula is C15H18FN3. The van der Waals surface area contributed by atoms with Crippen LogP contribution in [0.3, 0.4) is 0 Å². The van der Waals surface area contributed by atoms with Crippen LogP contribution in [-0.4, -0.2) is 22.6 Å². The lowest BCUT2D eigenvalue weighted by Gasteiger charge is -2.24. The van der Waals surface area contributed by atoms with E-state index >= 15 is 0 Å². The molecule has 2 heterocycles. The Hall–Kier alpha value is -1.68. The van der Waals surface area contributed by atoms with Gasteiger partial charge in [-0.2, -0.15) is 0 Å². The fraction of sp³-hybridized carbons (Fsp3) is 0.400. The molecule has 4 heteroatoms. The number of aromatic nitrogens is 2. The molecule has 1 unspecified atom stereocenters. The molecule has 0 bridgehead atoms. The van der Waals surface area contributed by atoms with Crippen molar-refractivity contribution in [1.82, 2.24) is 14.9 Å². The zero-order chi connectivity index (χ0) is 13.3. The van der Waals surface area contributed by atoms with E-state index in [1.54, 1.807) is 0 Å². The standard InChI is InChI=1S/C15H18FN3/c1-15(6-7-17-10-15)14-8-18-11-19(14)9-12-2-4-13(16)5-3-12/h2-5,8,11,17H,6-7,9-10H2,1H3. The van der Waals surface area contributed by atoms with Gasteiger partial charge in [0.25, 0.3) is 0 Å². The molecule has 1 saturated heterocycles. The summed E-state index contributed by atoms with van der Waals surface area (Å²) in [5, 5.41) is 3.41. The number of nitrogens with one attached hydrogen (secondary N) is 1. The molecule has 0 aliphatic carbocycles. The third-order valence-corrected chi connectivity index (χ3v) is 3.97. The molecule has 1 aromatic carbocycles. The van der Waals surface area contributed by atoms with Crippen LogP contribution in [0.2, 0.25) is 0 Å². The normalized spacial score (nSPS) is 22.8. The van der Waals surface area contributed by atoms with Crippen molar-refractivity contribution in [3.8, 4) is 0 Å². The highest BCUT2D eigenvalue weighted by molar-refractivity contribution is 5.21. The maximum absolute atomic E-state index is 12.9. The van der Waals surface area contributed by atoms with E-state index in [9.17, 15) is 4.39 Å². The van der Waals surface area contributed by atoms with Crippen molar-refractivity contribution in [1.29, 1.82) is 0 Å². The van der Waals surface area contributed by atoms with E-state index in [2.05, 4.69) is 21.8 Å². The second kappa shape index (κ2) is 4.78. The molecule has 1 atom stereocenters. The molecule has 3 rings (SSSR count). The number of hydrogen-bond donors (Lipinski definition) is 1. The van der Waals surface area contributed by atoms with E-state index in [1.165, 1.54) is 17.8 Å². The van der Waals surface area contributed by atoms with Crippen molar-refractivity contribution < 1.29 is 4.39 Å². The van der Waals surface area contributed by atoms with Gasteiger partial charge in [0.1, 0.15) is 5.82 Å². The average molecular weight is 259 g/mol. The molecule has 1 fully saturated rings. The Kier molecular flexibility index (Phi) is 3.11. The van der Waals surface area contributed by atoms with Crippen molar-refractivity contribution in [2.45, 2.75) is 25.3 Å². The molecule has 0 amide bonds. The lowest BCUT2D eigenvalue weighted by molar-refractivity contribution is 0.481. The first-order valence-electron chi connectivity index (χ1n) is 6.63. The van der Waals surface area contributed by atoms with Gasteiger partial charge in [0, 0.05) is 30.4 Å². The van der Waals surface area contributed by atoms with Gasteiger partial charge in [-0.15, -0.1) is 0 Å². The maximum Gasteiger partial charge on any atom is 0.123 e. The van der Waals surface area contributed by atoms with Crippen LogP contribution in [0.1, 0.15) is 24.6 Å². The lowest BCUT2D eigenvalue weighted by Crippen LogP contribution is -2.28. The van der Waals surface area contributed by atoms with Crippen LogP contribution in [0.15, 0.2) is 36.8 Å². The van der Waals surface area contributed by atoms with E-state index in [0.717, 1.165) is 31.6 Å². The SMILES string of the molecule is CC1(c2cncn2Cc2ccc(F)cc2)CCNC1. The first kappa shape index (κ1) is 12.4. The third-order valence-electron chi connectivity index (χ3n) is 3.97. The van der Waals surface area contributed by atoms with Gasteiger partial charge in [0.2, 0.25) is 0 Å². The Labute approximate surface area is 112 Å². The first-order valence-corrected chi connectivity index (χ1v) is 6.63. The van der Waals surface area contributed by atoms with Crippen LogP contribution < -0.4 is 5.32 Å². The minimum Gasteiger partial charge on any atom is -0.330 e. The smallest absolute Gasteiger partial charge is 0.123 e. The summed E-state index contributed by atoms with van der Waals surface area (Å²) < 4.78 is 15.1. The van der Waals surface area contributed by atoms with Crippen LogP contribution in [-0.2, 0) is 12.0 Å². The van der Waals surface area contributed by atoms with Crippen molar-refractivity contribution >= 4 is 0 Å². The second-order valence-corrected chi connectivity index (χ2v) is 5.52. The van der Waals surface area contributed by atoms with Gasteiger partial charge in [-0.25, -0.2) is 9.37 Å². The molecular weight excluding hydrogens is 241 g/mol. The summed E-state index contributed by atoms with van der Waals surface area (Å²) in [5.41, 5.74) is 2.49. The molecule has 2 aromatic rings. The predicted octanol–water partition coefficient (Wildman–Crippen LogP) is 2.32. The van der Waals surface area contributed by atoms with Crippen LogP contribution in [0.25, 0.3) is 0 Å². The highest BCUT2D eigenvalue weighted by Crippen LogP contribution is 2.30. The predicted molar refractivity (Wildman–Crippen MR) is 72.6 cm³/mol. The van der Waals surface area contributed by atoms with E-state index < -0.39 is 0 Å². The minimum atomic E-state index is -0.193. The van der Waals surface area contributed by atoms with E-state index in [0.29, 0.717) is 0 Å². The van der Waals surface area contributed by atoms with Crippen LogP contribution in [0.4, 0.5) is 4.39 Å². The van der Waals surface area contributed by atoms with Crippen molar-refractivity contribution in [2.24, 2.45) is 0 Å². The second-order valence-electron chi connectivity index (χ2n) is 5.52. The summed E-state index contributed by atoms with van der Waals surface area (Å²) in [5.74, 6) is -0.193. The van der Waals surface area contributed by atoms with Gasteiger partial charge in [0.05, 0.1) is 6.33 Å².